The summed E-state index contributed by atoms with van der Waals surface area (Å²) < 4.78 is 18.8. The number of anilines is 1. The summed E-state index contributed by atoms with van der Waals surface area (Å²) in [5.41, 5.74) is 4.52. The molecular formula is C27H24FN3O3S. The SMILES string of the molecule is CC(OC(=O)c1c2c(nc3ccccc13)CCCCC2)C(=O)Nc1nc(-c2ccc(F)cc2)cs1. The van der Waals surface area contributed by atoms with Crippen LogP contribution in [0.15, 0.2) is 53.9 Å². The Balaban J connectivity index is 1.34. The third-order valence-corrected chi connectivity index (χ3v) is 6.91. The zero-order valence-electron chi connectivity index (χ0n) is 19.2. The number of pyridine rings is 1. The molecule has 0 saturated heterocycles. The highest BCUT2D eigenvalue weighted by Gasteiger charge is 2.26. The molecule has 6 nitrogen and oxygen atoms in total. The third kappa shape index (κ3) is 4.93. The van der Waals surface area contributed by atoms with Gasteiger partial charge in [0.1, 0.15) is 5.82 Å². The minimum atomic E-state index is -1.02. The highest BCUT2D eigenvalue weighted by molar-refractivity contribution is 7.14. The topological polar surface area (TPSA) is 81.2 Å². The predicted molar refractivity (Wildman–Crippen MR) is 134 cm³/mol. The van der Waals surface area contributed by atoms with Crippen molar-refractivity contribution in [3.05, 3.63) is 76.5 Å². The van der Waals surface area contributed by atoms with Crippen molar-refractivity contribution in [1.29, 1.82) is 0 Å². The molecule has 1 N–H and O–H groups in total. The summed E-state index contributed by atoms with van der Waals surface area (Å²) in [4.78, 5) is 35.3. The number of halogens is 1. The molecule has 0 bridgehead atoms. The number of aryl methyl sites for hydroxylation is 1. The van der Waals surface area contributed by atoms with Crippen LogP contribution in [0.3, 0.4) is 0 Å². The van der Waals surface area contributed by atoms with Crippen molar-refractivity contribution >= 4 is 39.2 Å². The Morgan fingerprint density at radius 3 is 2.63 bits per heavy atom. The highest BCUT2D eigenvalue weighted by atomic mass is 32.1. The van der Waals surface area contributed by atoms with Gasteiger partial charge in [-0.2, -0.15) is 0 Å². The first-order valence-electron chi connectivity index (χ1n) is 11.6. The quantitative estimate of drug-likeness (QED) is 0.277. The fraction of sp³-hybridized carbons (Fsp3) is 0.259. The summed E-state index contributed by atoms with van der Waals surface area (Å²) in [6.07, 6.45) is 3.70. The van der Waals surface area contributed by atoms with Crippen LogP contribution in [0.25, 0.3) is 22.2 Å². The van der Waals surface area contributed by atoms with Crippen LogP contribution in [0.2, 0.25) is 0 Å². The Morgan fingerprint density at radius 2 is 1.80 bits per heavy atom. The minimum Gasteiger partial charge on any atom is -0.449 e. The maximum absolute atomic E-state index is 13.4. The summed E-state index contributed by atoms with van der Waals surface area (Å²) >= 11 is 1.25. The van der Waals surface area contributed by atoms with Gasteiger partial charge in [-0.15, -0.1) is 11.3 Å². The van der Waals surface area contributed by atoms with Crippen LogP contribution in [0, 0.1) is 5.82 Å². The van der Waals surface area contributed by atoms with E-state index in [1.807, 2.05) is 24.3 Å². The molecule has 0 saturated carbocycles. The van der Waals surface area contributed by atoms with Crippen LogP contribution in [0.4, 0.5) is 9.52 Å². The van der Waals surface area contributed by atoms with Gasteiger partial charge in [-0.25, -0.2) is 14.2 Å². The van der Waals surface area contributed by atoms with Crippen LogP contribution in [0.1, 0.15) is 47.8 Å². The van der Waals surface area contributed by atoms with E-state index >= 15 is 0 Å². The van der Waals surface area contributed by atoms with Crippen molar-refractivity contribution in [1.82, 2.24) is 9.97 Å². The highest BCUT2D eigenvalue weighted by Crippen LogP contribution is 2.30. The van der Waals surface area contributed by atoms with Crippen LogP contribution >= 0.6 is 11.3 Å². The molecule has 4 aromatic rings. The van der Waals surface area contributed by atoms with Crippen LogP contribution < -0.4 is 5.32 Å². The number of carbonyl (C=O) groups excluding carboxylic acids is 2. The number of ether oxygens (including phenoxy) is 1. The van der Waals surface area contributed by atoms with Gasteiger partial charge in [0.25, 0.3) is 5.91 Å². The molecule has 2 heterocycles. The monoisotopic (exact) mass is 489 g/mol. The van der Waals surface area contributed by atoms with Gasteiger partial charge in [-0.1, -0.05) is 24.6 Å². The normalized spacial score (nSPS) is 14.1. The van der Waals surface area contributed by atoms with E-state index in [2.05, 4.69) is 10.3 Å². The van der Waals surface area contributed by atoms with E-state index in [-0.39, 0.29) is 5.82 Å². The van der Waals surface area contributed by atoms with E-state index < -0.39 is 18.0 Å². The lowest BCUT2D eigenvalue weighted by Gasteiger charge is -2.17. The van der Waals surface area contributed by atoms with Gasteiger partial charge in [-0.3, -0.25) is 15.1 Å². The molecule has 1 aliphatic rings. The molecule has 1 atom stereocenters. The lowest BCUT2D eigenvalue weighted by molar-refractivity contribution is -0.123. The number of esters is 1. The van der Waals surface area contributed by atoms with Crippen molar-refractivity contribution in [3.63, 3.8) is 0 Å². The van der Waals surface area contributed by atoms with Gasteiger partial charge in [0.05, 0.1) is 16.8 Å². The van der Waals surface area contributed by atoms with Crippen molar-refractivity contribution in [3.8, 4) is 11.3 Å². The van der Waals surface area contributed by atoms with Gasteiger partial charge >= 0.3 is 5.97 Å². The van der Waals surface area contributed by atoms with Gasteiger partial charge in [0.15, 0.2) is 11.2 Å². The first-order chi connectivity index (χ1) is 17.0. The first kappa shape index (κ1) is 23.1. The zero-order chi connectivity index (χ0) is 24.4. The summed E-state index contributed by atoms with van der Waals surface area (Å²) in [6, 6.07) is 13.5. The van der Waals surface area contributed by atoms with Gasteiger partial charge in [-0.05, 0) is 68.5 Å². The second-order valence-electron chi connectivity index (χ2n) is 8.57. The maximum Gasteiger partial charge on any atom is 0.339 e. The molecule has 178 valence electrons. The Morgan fingerprint density at radius 1 is 1.03 bits per heavy atom. The van der Waals surface area contributed by atoms with Gasteiger partial charge in [0.2, 0.25) is 0 Å². The van der Waals surface area contributed by atoms with Crippen molar-refractivity contribution in [2.24, 2.45) is 0 Å². The van der Waals surface area contributed by atoms with E-state index in [0.29, 0.717) is 16.4 Å². The Labute approximate surface area is 206 Å². The standard InChI is InChI=1S/C27H24FN3O3S/c1-16(25(32)31-27-30-23(15-35-27)17-11-13-18(28)14-12-17)34-26(33)24-19-7-3-2-4-9-21(19)29-22-10-6-5-8-20(22)24/h5-6,8,10-16H,2-4,7,9H2,1H3,(H,30,31,32). The molecule has 0 radical (unpaired) electrons. The van der Waals surface area contributed by atoms with E-state index in [1.54, 1.807) is 24.4 Å². The fourth-order valence-corrected chi connectivity index (χ4v) is 5.07. The number of thiazole rings is 1. The molecule has 0 aliphatic heterocycles. The largest absolute Gasteiger partial charge is 0.449 e. The summed E-state index contributed by atoms with van der Waals surface area (Å²) in [5.74, 6) is -1.31. The molecule has 2 aromatic heterocycles. The summed E-state index contributed by atoms with van der Waals surface area (Å²) in [6.45, 7) is 1.55. The molecule has 8 heteroatoms. The molecule has 2 aromatic carbocycles. The molecular weight excluding hydrogens is 465 g/mol. The van der Waals surface area contributed by atoms with Crippen LogP contribution in [0.5, 0.6) is 0 Å². The van der Waals surface area contributed by atoms with Gasteiger partial charge < -0.3 is 4.74 Å². The molecule has 1 aliphatic carbocycles. The lowest BCUT2D eigenvalue weighted by atomic mass is 9.97. The molecule has 1 unspecified atom stereocenters. The summed E-state index contributed by atoms with van der Waals surface area (Å²) in [7, 11) is 0. The maximum atomic E-state index is 13.4. The average Bonchev–Trinajstić information content (AvgIpc) is 3.19. The molecule has 35 heavy (non-hydrogen) atoms. The first-order valence-corrected chi connectivity index (χ1v) is 12.5. The van der Waals surface area contributed by atoms with Crippen LogP contribution in [-0.2, 0) is 22.4 Å². The summed E-state index contributed by atoms with van der Waals surface area (Å²) in [5, 5.41) is 5.61. The minimum absolute atomic E-state index is 0.327. The molecule has 5 rings (SSSR count). The Kier molecular flexibility index (Phi) is 6.55. The van der Waals surface area contributed by atoms with E-state index in [4.69, 9.17) is 9.72 Å². The Hall–Kier alpha value is -3.65. The average molecular weight is 490 g/mol. The molecule has 0 fully saturated rings. The van der Waals surface area contributed by atoms with E-state index in [9.17, 15) is 14.0 Å². The number of benzene rings is 2. The number of carbonyl (C=O) groups is 2. The smallest absolute Gasteiger partial charge is 0.339 e. The number of amides is 1. The van der Waals surface area contributed by atoms with Crippen molar-refractivity contribution in [2.75, 3.05) is 5.32 Å². The third-order valence-electron chi connectivity index (χ3n) is 6.15. The number of hydrogen-bond acceptors (Lipinski definition) is 6. The van der Waals surface area contributed by atoms with E-state index in [0.717, 1.165) is 59.8 Å². The number of hydrogen-bond donors (Lipinski definition) is 1. The number of aromatic nitrogens is 2. The van der Waals surface area contributed by atoms with E-state index in [1.165, 1.54) is 23.5 Å². The number of nitrogens with zero attached hydrogens (tertiary/aromatic N) is 2. The molecule has 0 spiro atoms. The second kappa shape index (κ2) is 9.92. The number of nitrogens with one attached hydrogen (secondary N) is 1. The Bertz CT molecular complexity index is 1400. The predicted octanol–water partition coefficient (Wildman–Crippen LogP) is 5.95. The number of rotatable bonds is 5. The number of fused-ring (bicyclic) bond motifs is 2. The number of para-hydroxylation sites is 1. The van der Waals surface area contributed by atoms with Gasteiger partial charge in [0, 0.05) is 22.0 Å². The molecule has 1 amide bonds. The van der Waals surface area contributed by atoms with Crippen molar-refractivity contribution in [2.45, 2.75) is 45.1 Å². The zero-order valence-corrected chi connectivity index (χ0v) is 20.0. The second-order valence-corrected chi connectivity index (χ2v) is 9.43. The fourth-order valence-electron chi connectivity index (χ4n) is 4.35. The lowest BCUT2D eigenvalue weighted by Crippen LogP contribution is -2.30. The van der Waals surface area contributed by atoms with Crippen molar-refractivity contribution < 1.29 is 18.7 Å². The van der Waals surface area contributed by atoms with Crippen LogP contribution in [-0.4, -0.2) is 27.9 Å².